The van der Waals surface area contributed by atoms with Crippen molar-refractivity contribution in [3.8, 4) is 0 Å². The van der Waals surface area contributed by atoms with Crippen molar-refractivity contribution < 1.29 is 0 Å². The number of unbranched alkanes of at least 4 members (excludes halogenated alkanes) is 1. The molecule has 0 amide bonds. The monoisotopic (exact) mass is 239 g/mol. The minimum atomic E-state index is 0.456. The van der Waals surface area contributed by atoms with Crippen molar-refractivity contribution in [2.75, 3.05) is 19.6 Å². The Morgan fingerprint density at radius 3 is 2.47 bits per heavy atom. The standard InChI is InChI=1S/C14H29N3/c1-2-3-8-17-9-6-13(7-10-17)16-14-5-4-12(15)11-14/h12-14,16H,2-11,15H2,1H3. The first-order valence-electron chi connectivity index (χ1n) is 7.52. The minimum absolute atomic E-state index is 0.456. The highest BCUT2D eigenvalue weighted by atomic mass is 15.1. The van der Waals surface area contributed by atoms with Crippen LogP contribution in [-0.4, -0.2) is 42.7 Å². The number of hydrogen-bond acceptors (Lipinski definition) is 3. The summed E-state index contributed by atoms with van der Waals surface area (Å²) in [5, 5.41) is 3.82. The van der Waals surface area contributed by atoms with Crippen molar-refractivity contribution in [1.29, 1.82) is 0 Å². The fourth-order valence-corrected chi connectivity index (χ4v) is 3.21. The minimum Gasteiger partial charge on any atom is -0.328 e. The molecule has 2 fully saturated rings. The van der Waals surface area contributed by atoms with Crippen LogP contribution in [0.25, 0.3) is 0 Å². The van der Waals surface area contributed by atoms with Gasteiger partial charge in [-0.25, -0.2) is 0 Å². The fraction of sp³-hybridized carbons (Fsp3) is 1.00. The van der Waals surface area contributed by atoms with Gasteiger partial charge >= 0.3 is 0 Å². The smallest absolute Gasteiger partial charge is 0.00940 e. The number of rotatable bonds is 5. The average molecular weight is 239 g/mol. The average Bonchev–Trinajstić information content (AvgIpc) is 2.74. The highest BCUT2D eigenvalue weighted by molar-refractivity contribution is 4.87. The molecule has 100 valence electrons. The van der Waals surface area contributed by atoms with Crippen LogP contribution < -0.4 is 11.1 Å². The predicted molar refractivity (Wildman–Crippen MR) is 73.1 cm³/mol. The molecule has 1 heterocycles. The van der Waals surface area contributed by atoms with Crippen molar-refractivity contribution in [1.82, 2.24) is 10.2 Å². The fourth-order valence-electron chi connectivity index (χ4n) is 3.21. The summed E-state index contributed by atoms with van der Waals surface area (Å²) < 4.78 is 0. The summed E-state index contributed by atoms with van der Waals surface area (Å²) in [5.74, 6) is 0. The quantitative estimate of drug-likeness (QED) is 0.767. The molecule has 1 aliphatic carbocycles. The molecule has 2 unspecified atom stereocenters. The molecule has 0 bridgehead atoms. The normalized spacial score (nSPS) is 32.1. The zero-order chi connectivity index (χ0) is 12.1. The number of piperidine rings is 1. The molecule has 0 aromatic rings. The van der Waals surface area contributed by atoms with Crippen LogP contribution in [0.3, 0.4) is 0 Å². The lowest BCUT2D eigenvalue weighted by molar-refractivity contribution is 0.188. The molecule has 1 saturated heterocycles. The number of nitrogens with zero attached hydrogens (tertiary/aromatic N) is 1. The molecular formula is C14H29N3. The highest BCUT2D eigenvalue weighted by Crippen LogP contribution is 2.20. The second kappa shape index (κ2) is 6.72. The van der Waals surface area contributed by atoms with E-state index in [0.29, 0.717) is 12.1 Å². The Balaban J connectivity index is 1.62. The molecule has 0 spiro atoms. The van der Waals surface area contributed by atoms with Gasteiger partial charge in [-0.15, -0.1) is 0 Å². The van der Waals surface area contributed by atoms with Gasteiger partial charge in [-0.05, 0) is 58.2 Å². The lowest BCUT2D eigenvalue weighted by Crippen LogP contribution is -2.46. The summed E-state index contributed by atoms with van der Waals surface area (Å²) in [6.45, 7) is 6.15. The molecule has 1 aliphatic heterocycles. The summed E-state index contributed by atoms with van der Waals surface area (Å²) in [7, 11) is 0. The Kier molecular flexibility index (Phi) is 5.26. The predicted octanol–water partition coefficient (Wildman–Crippen LogP) is 1.72. The highest BCUT2D eigenvalue weighted by Gasteiger charge is 2.26. The van der Waals surface area contributed by atoms with Crippen LogP contribution in [0.5, 0.6) is 0 Å². The van der Waals surface area contributed by atoms with E-state index in [0.717, 1.165) is 6.04 Å². The molecule has 2 aliphatic rings. The van der Waals surface area contributed by atoms with E-state index in [2.05, 4.69) is 17.1 Å². The van der Waals surface area contributed by atoms with E-state index in [9.17, 15) is 0 Å². The van der Waals surface area contributed by atoms with Gasteiger partial charge in [0.1, 0.15) is 0 Å². The Morgan fingerprint density at radius 1 is 1.12 bits per heavy atom. The van der Waals surface area contributed by atoms with E-state index < -0.39 is 0 Å². The lowest BCUT2D eigenvalue weighted by atomic mass is 10.0. The molecule has 3 heteroatoms. The van der Waals surface area contributed by atoms with Crippen LogP contribution >= 0.6 is 0 Å². The topological polar surface area (TPSA) is 41.3 Å². The number of likely N-dealkylation sites (tertiary alicyclic amines) is 1. The van der Waals surface area contributed by atoms with Crippen molar-refractivity contribution in [3.63, 3.8) is 0 Å². The van der Waals surface area contributed by atoms with E-state index in [1.54, 1.807) is 0 Å². The molecule has 0 radical (unpaired) electrons. The van der Waals surface area contributed by atoms with Crippen LogP contribution in [0.2, 0.25) is 0 Å². The lowest BCUT2D eigenvalue weighted by Gasteiger charge is -2.33. The molecule has 2 atom stereocenters. The van der Waals surface area contributed by atoms with E-state index >= 15 is 0 Å². The Morgan fingerprint density at radius 2 is 1.88 bits per heavy atom. The van der Waals surface area contributed by atoms with Crippen LogP contribution in [-0.2, 0) is 0 Å². The zero-order valence-corrected chi connectivity index (χ0v) is 11.3. The van der Waals surface area contributed by atoms with E-state index in [-0.39, 0.29) is 0 Å². The second-order valence-corrected chi connectivity index (χ2v) is 5.91. The molecule has 0 aromatic carbocycles. The molecule has 17 heavy (non-hydrogen) atoms. The Hall–Kier alpha value is -0.120. The van der Waals surface area contributed by atoms with Gasteiger partial charge in [0, 0.05) is 18.1 Å². The van der Waals surface area contributed by atoms with Gasteiger partial charge in [0.25, 0.3) is 0 Å². The SMILES string of the molecule is CCCCN1CCC(NC2CCC(N)C2)CC1. The Bertz CT molecular complexity index is 212. The number of hydrogen-bond donors (Lipinski definition) is 2. The summed E-state index contributed by atoms with van der Waals surface area (Å²) >= 11 is 0. The van der Waals surface area contributed by atoms with Crippen molar-refractivity contribution in [3.05, 3.63) is 0 Å². The molecule has 0 aromatic heterocycles. The van der Waals surface area contributed by atoms with E-state index in [1.807, 2.05) is 0 Å². The first-order valence-corrected chi connectivity index (χ1v) is 7.52. The maximum atomic E-state index is 5.96. The van der Waals surface area contributed by atoms with Crippen molar-refractivity contribution in [2.24, 2.45) is 5.73 Å². The van der Waals surface area contributed by atoms with Gasteiger partial charge in [0.05, 0.1) is 0 Å². The van der Waals surface area contributed by atoms with Gasteiger partial charge in [0.15, 0.2) is 0 Å². The molecule has 3 N–H and O–H groups in total. The first-order chi connectivity index (χ1) is 8.28. The van der Waals surface area contributed by atoms with Crippen molar-refractivity contribution in [2.45, 2.75) is 70.0 Å². The molecule has 3 nitrogen and oxygen atoms in total. The third-order valence-corrected chi connectivity index (χ3v) is 4.36. The maximum absolute atomic E-state index is 5.96. The summed E-state index contributed by atoms with van der Waals surface area (Å²) in [5.41, 5.74) is 5.96. The largest absolute Gasteiger partial charge is 0.328 e. The van der Waals surface area contributed by atoms with Gasteiger partial charge < -0.3 is 16.0 Å². The third-order valence-electron chi connectivity index (χ3n) is 4.36. The summed E-state index contributed by atoms with van der Waals surface area (Å²) in [4.78, 5) is 2.63. The van der Waals surface area contributed by atoms with Gasteiger partial charge in [0.2, 0.25) is 0 Å². The van der Waals surface area contributed by atoms with Crippen LogP contribution in [0.15, 0.2) is 0 Å². The van der Waals surface area contributed by atoms with Crippen LogP contribution in [0.1, 0.15) is 51.9 Å². The van der Waals surface area contributed by atoms with Crippen molar-refractivity contribution >= 4 is 0 Å². The molecular weight excluding hydrogens is 210 g/mol. The molecule has 1 saturated carbocycles. The number of nitrogens with one attached hydrogen (secondary N) is 1. The van der Waals surface area contributed by atoms with Gasteiger partial charge in [-0.3, -0.25) is 0 Å². The third kappa shape index (κ3) is 4.23. The van der Waals surface area contributed by atoms with Gasteiger partial charge in [-0.1, -0.05) is 13.3 Å². The Labute approximate surface area is 106 Å². The first kappa shape index (κ1) is 13.3. The number of nitrogens with two attached hydrogens (primary N) is 1. The zero-order valence-electron chi connectivity index (χ0n) is 11.3. The summed E-state index contributed by atoms with van der Waals surface area (Å²) in [6, 6.07) is 1.91. The second-order valence-electron chi connectivity index (χ2n) is 5.91. The molecule has 2 rings (SSSR count). The maximum Gasteiger partial charge on any atom is 0.00940 e. The van der Waals surface area contributed by atoms with Gasteiger partial charge in [-0.2, -0.15) is 0 Å². The van der Waals surface area contributed by atoms with Crippen LogP contribution in [0, 0.1) is 0 Å². The van der Waals surface area contributed by atoms with E-state index in [4.69, 9.17) is 5.73 Å². The van der Waals surface area contributed by atoms with E-state index in [1.165, 1.54) is 64.6 Å². The van der Waals surface area contributed by atoms with Crippen LogP contribution in [0.4, 0.5) is 0 Å². The summed E-state index contributed by atoms with van der Waals surface area (Å²) in [6.07, 6.45) is 9.03.